The summed E-state index contributed by atoms with van der Waals surface area (Å²) in [6, 6.07) is 3.65. The molecule has 0 saturated heterocycles. The van der Waals surface area contributed by atoms with Crippen molar-refractivity contribution in [3.8, 4) is 10.6 Å². The summed E-state index contributed by atoms with van der Waals surface area (Å²) in [7, 11) is 0. The third-order valence-corrected chi connectivity index (χ3v) is 2.88. The Labute approximate surface area is 88.4 Å². The molecule has 0 amide bonds. The number of nitrogens with zero attached hydrogens (tertiary/aromatic N) is 5. The minimum absolute atomic E-state index is 0.485. The summed E-state index contributed by atoms with van der Waals surface area (Å²) < 4.78 is 1.64. The summed E-state index contributed by atoms with van der Waals surface area (Å²) in [6.45, 7) is 0. The van der Waals surface area contributed by atoms with Crippen molar-refractivity contribution < 1.29 is 0 Å². The molecule has 3 heterocycles. The maximum Gasteiger partial charge on any atom is 0.234 e. The third-order valence-electron chi connectivity index (χ3n) is 1.91. The quantitative estimate of drug-likeness (QED) is 0.654. The Morgan fingerprint density at radius 1 is 1.40 bits per heavy atom. The van der Waals surface area contributed by atoms with E-state index in [9.17, 15) is 0 Å². The second-order valence-electron chi connectivity index (χ2n) is 2.93. The molecule has 0 radical (unpaired) electrons. The lowest BCUT2D eigenvalue weighted by atomic mass is 10.3. The molecule has 2 N–H and O–H groups in total. The lowest BCUT2D eigenvalue weighted by Gasteiger charge is -1.95. The van der Waals surface area contributed by atoms with Gasteiger partial charge in [0.05, 0.1) is 0 Å². The van der Waals surface area contributed by atoms with Crippen LogP contribution in [0.25, 0.3) is 15.5 Å². The van der Waals surface area contributed by atoms with Crippen LogP contribution in [0.15, 0.2) is 24.7 Å². The molecular formula is C8H6N6S. The van der Waals surface area contributed by atoms with Gasteiger partial charge in [0.25, 0.3) is 0 Å². The van der Waals surface area contributed by atoms with Gasteiger partial charge in [-0.1, -0.05) is 11.3 Å². The lowest BCUT2D eigenvalue weighted by molar-refractivity contribution is 0.959. The molecule has 0 unspecified atom stereocenters. The molecule has 0 saturated carbocycles. The first-order valence-corrected chi connectivity index (χ1v) is 5.03. The van der Waals surface area contributed by atoms with Crippen LogP contribution >= 0.6 is 11.3 Å². The number of hydrogen-bond donors (Lipinski definition) is 1. The number of nitrogens with two attached hydrogens (primary N) is 1. The van der Waals surface area contributed by atoms with E-state index in [1.165, 1.54) is 11.3 Å². The molecule has 74 valence electrons. The number of nitrogen functional groups attached to an aromatic ring is 1. The minimum atomic E-state index is 0.485. The van der Waals surface area contributed by atoms with Crippen LogP contribution in [0.1, 0.15) is 0 Å². The zero-order valence-corrected chi connectivity index (χ0v) is 8.35. The fourth-order valence-electron chi connectivity index (χ4n) is 1.26. The van der Waals surface area contributed by atoms with Crippen LogP contribution in [0.5, 0.6) is 0 Å². The number of hydrogen-bond acceptors (Lipinski definition) is 6. The molecule has 0 fully saturated rings. The fourth-order valence-corrected chi connectivity index (χ4v) is 2.07. The molecule has 15 heavy (non-hydrogen) atoms. The van der Waals surface area contributed by atoms with Gasteiger partial charge in [0.1, 0.15) is 17.2 Å². The summed E-state index contributed by atoms with van der Waals surface area (Å²) in [4.78, 5) is 4.69. The summed E-state index contributed by atoms with van der Waals surface area (Å²) >= 11 is 1.46. The van der Waals surface area contributed by atoms with Crippen LogP contribution in [0.3, 0.4) is 0 Å². The van der Waals surface area contributed by atoms with Gasteiger partial charge in [0.2, 0.25) is 4.96 Å². The average molecular weight is 218 g/mol. The van der Waals surface area contributed by atoms with Crippen LogP contribution in [0.2, 0.25) is 0 Å². The summed E-state index contributed by atoms with van der Waals surface area (Å²) in [5, 5.41) is 12.8. The van der Waals surface area contributed by atoms with Crippen molar-refractivity contribution in [2.45, 2.75) is 0 Å². The molecule has 3 aromatic rings. The van der Waals surface area contributed by atoms with Crippen molar-refractivity contribution >= 4 is 22.1 Å². The first kappa shape index (κ1) is 8.30. The Balaban J connectivity index is 2.17. The van der Waals surface area contributed by atoms with Crippen molar-refractivity contribution in [2.75, 3.05) is 5.73 Å². The first-order chi connectivity index (χ1) is 7.33. The predicted molar refractivity (Wildman–Crippen MR) is 56.3 cm³/mol. The van der Waals surface area contributed by atoms with Gasteiger partial charge in [0, 0.05) is 11.8 Å². The smallest absolute Gasteiger partial charge is 0.234 e. The van der Waals surface area contributed by atoms with Gasteiger partial charge in [-0.3, -0.25) is 0 Å². The molecule has 0 aromatic carbocycles. The molecule has 7 heteroatoms. The van der Waals surface area contributed by atoms with Gasteiger partial charge in [-0.2, -0.15) is 9.61 Å². The van der Waals surface area contributed by atoms with E-state index in [2.05, 4.69) is 20.3 Å². The van der Waals surface area contributed by atoms with Gasteiger partial charge in [-0.25, -0.2) is 4.98 Å². The van der Waals surface area contributed by atoms with Gasteiger partial charge in [-0.15, -0.1) is 10.2 Å². The van der Waals surface area contributed by atoms with Crippen molar-refractivity contribution in [3.63, 3.8) is 0 Å². The van der Waals surface area contributed by atoms with Crippen LogP contribution in [0, 0.1) is 0 Å². The Bertz CT molecular complexity index is 584. The van der Waals surface area contributed by atoms with Crippen LogP contribution < -0.4 is 5.73 Å². The Morgan fingerprint density at radius 2 is 2.33 bits per heavy atom. The molecule has 6 nitrogen and oxygen atoms in total. The van der Waals surface area contributed by atoms with Crippen LogP contribution in [-0.4, -0.2) is 24.8 Å². The highest BCUT2D eigenvalue weighted by molar-refractivity contribution is 7.19. The van der Waals surface area contributed by atoms with Gasteiger partial charge < -0.3 is 5.73 Å². The molecule has 0 atom stereocenters. The molecular weight excluding hydrogens is 212 g/mol. The lowest BCUT2D eigenvalue weighted by Crippen LogP contribution is -1.89. The maximum absolute atomic E-state index is 5.60. The maximum atomic E-state index is 5.60. The number of rotatable bonds is 1. The first-order valence-electron chi connectivity index (χ1n) is 4.22. The van der Waals surface area contributed by atoms with Crippen molar-refractivity contribution in [1.29, 1.82) is 0 Å². The summed E-state index contributed by atoms with van der Waals surface area (Å²) in [5.41, 5.74) is 6.54. The van der Waals surface area contributed by atoms with Gasteiger partial charge in [0.15, 0.2) is 0 Å². The third kappa shape index (κ3) is 1.33. The number of aromatic nitrogens is 5. The van der Waals surface area contributed by atoms with E-state index in [1.807, 2.05) is 6.07 Å². The van der Waals surface area contributed by atoms with E-state index >= 15 is 0 Å². The van der Waals surface area contributed by atoms with Crippen molar-refractivity contribution in [1.82, 2.24) is 24.8 Å². The van der Waals surface area contributed by atoms with E-state index in [4.69, 9.17) is 5.73 Å². The predicted octanol–water partition coefficient (Wildman–Crippen LogP) is 0.830. The SMILES string of the molecule is Nc1cc(-c2nn3cnnc3s2)ccn1. The van der Waals surface area contributed by atoms with Crippen molar-refractivity contribution in [2.24, 2.45) is 0 Å². The molecule has 3 rings (SSSR count). The van der Waals surface area contributed by atoms with Gasteiger partial charge in [-0.05, 0) is 12.1 Å². The monoisotopic (exact) mass is 218 g/mol. The van der Waals surface area contributed by atoms with Crippen LogP contribution in [0.4, 0.5) is 5.82 Å². The highest BCUT2D eigenvalue weighted by Crippen LogP contribution is 2.24. The highest BCUT2D eigenvalue weighted by atomic mass is 32.1. The topological polar surface area (TPSA) is 82.0 Å². The molecule has 0 aliphatic rings. The van der Waals surface area contributed by atoms with E-state index in [1.54, 1.807) is 23.1 Å². The molecule has 0 aliphatic heterocycles. The van der Waals surface area contributed by atoms with Crippen molar-refractivity contribution in [3.05, 3.63) is 24.7 Å². The second-order valence-corrected chi connectivity index (χ2v) is 3.89. The second kappa shape index (κ2) is 2.99. The Kier molecular flexibility index (Phi) is 1.65. The van der Waals surface area contributed by atoms with E-state index in [0.717, 1.165) is 15.5 Å². The zero-order chi connectivity index (χ0) is 10.3. The normalized spacial score (nSPS) is 10.9. The fraction of sp³-hybridized carbons (Fsp3) is 0. The largest absolute Gasteiger partial charge is 0.384 e. The Morgan fingerprint density at radius 3 is 3.13 bits per heavy atom. The zero-order valence-electron chi connectivity index (χ0n) is 7.53. The average Bonchev–Trinajstić information content (AvgIpc) is 2.76. The van der Waals surface area contributed by atoms with E-state index in [0.29, 0.717) is 5.82 Å². The molecule has 3 aromatic heterocycles. The molecule has 0 spiro atoms. The number of pyridine rings is 1. The molecule has 0 aliphatic carbocycles. The van der Waals surface area contributed by atoms with E-state index < -0.39 is 0 Å². The Hall–Kier alpha value is -2.02. The standard InChI is InChI=1S/C8H6N6S/c9-6-3-5(1-2-10-6)7-13-14-4-11-12-8(14)15-7/h1-4H,(H2,9,10). The van der Waals surface area contributed by atoms with Crippen LogP contribution in [-0.2, 0) is 0 Å². The number of fused-ring (bicyclic) bond motifs is 1. The molecule has 0 bridgehead atoms. The van der Waals surface area contributed by atoms with E-state index in [-0.39, 0.29) is 0 Å². The minimum Gasteiger partial charge on any atom is -0.384 e. The van der Waals surface area contributed by atoms with Gasteiger partial charge >= 0.3 is 0 Å². The summed E-state index contributed by atoms with van der Waals surface area (Å²) in [5.74, 6) is 0.485. The summed E-state index contributed by atoms with van der Waals surface area (Å²) in [6.07, 6.45) is 3.23. The number of anilines is 1. The highest BCUT2D eigenvalue weighted by Gasteiger charge is 2.07.